The van der Waals surface area contributed by atoms with E-state index in [9.17, 15) is 0 Å². The van der Waals surface area contributed by atoms with Gasteiger partial charge in [0.25, 0.3) is 0 Å². The van der Waals surface area contributed by atoms with Gasteiger partial charge in [-0.1, -0.05) is 13.1 Å². The summed E-state index contributed by atoms with van der Waals surface area (Å²) in [5.41, 5.74) is 0. The third-order valence-corrected chi connectivity index (χ3v) is 1.73. The van der Waals surface area contributed by atoms with Crippen LogP contribution < -0.4 is 12.4 Å². The number of halogens is 1. The smallest absolute Gasteiger partial charge is 1.00 e. The van der Waals surface area contributed by atoms with E-state index in [1.807, 2.05) is 0 Å². The third-order valence-electron chi connectivity index (χ3n) is 0.577. The van der Waals surface area contributed by atoms with Crippen molar-refractivity contribution >= 4 is 31.8 Å². The SMILES string of the molecule is [CH2-]C[SiH](C)C.[Cl-].[Mg+2]. The summed E-state index contributed by atoms with van der Waals surface area (Å²) < 4.78 is 0. The van der Waals surface area contributed by atoms with Crippen LogP contribution >= 0.6 is 0 Å². The van der Waals surface area contributed by atoms with E-state index in [1.165, 1.54) is 6.04 Å². The van der Waals surface area contributed by atoms with Crippen molar-refractivity contribution in [1.29, 1.82) is 0 Å². The molecular formula is C4H11ClMgSi. The minimum absolute atomic E-state index is 0. The molecule has 0 aliphatic carbocycles. The van der Waals surface area contributed by atoms with E-state index in [2.05, 4.69) is 20.0 Å². The molecule has 0 aliphatic heterocycles. The molecule has 40 valence electrons. The molecule has 0 bridgehead atoms. The summed E-state index contributed by atoms with van der Waals surface area (Å²) in [7, 11) is -0.261. The van der Waals surface area contributed by atoms with E-state index in [0.717, 1.165) is 0 Å². The summed E-state index contributed by atoms with van der Waals surface area (Å²) in [6, 6.07) is 1.19. The van der Waals surface area contributed by atoms with Gasteiger partial charge in [0.1, 0.15) is 0 Å². The van der Waals surface area contributed by atoms with Gasteiger partial charge in [-0.05, 0) is 0 Å². The van der Waals surface area contributed by atoms with Crippen LogP contribution in [0, 0.1) is 6.92 Å². The topological polar surface area (TPSA) is 0 Å². The molecule has 0 amide bonds. The maximum Gasteiger partial charge on any atom is 2.00 e. The van der Waals surface area contributed by atoms with Gasteiger partial charge in [0, 0.05) is 8.80 Å². The molecule has 0 fully saturated rings. The standard InChI is InChI=1S/C4H11Si.ClH.Mg/c1-4-5(2)3;;/h5H,1,4H2,2-3H3;1H;/q-1;;+2/p-1. The second kappa shape index (κ2) is 10.3. The zero-order chi connectivity index (χ0) is 4.28. The summed E-state index contributed by atoms with van der Waals surface area (Å²) in [5, 5.41) is 0. The largest absolute Gasteiger partial charge is 2.00 e. The van der Waals surface area contributed by atoms with E-state index < -0.39 is 0 Å². The first kappa shape index (κ1) is 15.7. The first-order valence-electron chi connectivity index (χ1n) is 2.06. The van der Waals surface area contributed by atoms with Crippen LogP contribution in [0.1, 0.15) is 0 Å². The van der Waals surface area contributed by atoms with E-state index in [1.54, 1.807) is 0 Å². The molecule has 0 aromatic rings. The van der Waals surface area contributed by atoms with Crippen molar-refractivity contribution in [2.75, 3.05) is 0 Å². The first-order valence-corrected chi connectivity index (χ1v) is 5.19. The van der Waals surface area contributed by atoms with Crippen molar-refractivity contribution < 1.29 is 12.4 Å². The molecule has 7 heavy (non-hydrogen) atoms. The molecule has 0 atom stereocenters. The van der Waals surface area contributed by atoms with Crippen molar-refractivity contribution in [1.82, 2.24) is 0 Å². The quantitative estimate of drug-likeness (QED) is 0.295. The minimum atomic E-state index is -0.261. The van der Waals surface area contributed by atoms with Gasteiger partial charge in [0.05, 0.1) is 0 Å². The molecule has 0 aliphatic rings. The van der Waals surface area contributed by atoms with Crippen molar-refractivity contribution in [3.05, 3.63) is 6.92 Å². The third kappa shape index (κ3) is 18.9. The molecule has 0 radical (unpaired) electrons. The summed E-state index contributed by atoms with van der Waals surface area (Å²) in [6.07, 6.45) is 0. The Balaban J connectivity index is -0.0000000800. The fraction of sp³-hybridized carbons (Fsp3) is 0.750. The molecular weight excluding hydrogens is 136 g/mol. The van der Waals surface area contributed by atoms with Crippen LogP contribution in [0.4, 0.5) is 0 Å². The molecule has 0 spiro atoms. The predicted molar refractivity (Wildman–Crippen MR) is 34.8 cm³/mol. The van der Waals surface area contributed by atoms with Gasteiger partial charge in [0.2, 0.25) is 0 Å². The molecule has 0 rings (SSSR count). The first-order chi connectivity index (χ1) is 2.27. The Hall–Kier alpha value is 1.27. The number of hydrogen-bond acceptors (Lipinski definition) is 0. The van der Waals surface area contributed by atoms with Gasteiger partial charge in [-0.2, -0.15) is 6.04 Å². The van der Waals surface area contributed by atoms with Crippen LogP contribution in [0.2, 0.25) is 19.1 Å². The zero-order valence-electron chi connectivity index (χ0n) is 5.08. The van der Waals surface area contributed by atoms with Crippen molar-refractivity contribution in [3.63, 3.8) is 0 Å². The monoisotopic (exact) mass is 146 g/mol. The van der Waals surface area contributed by atoms with E-state index >= 15 is 0 Å². The molecule has 0 aromatic carbocycles. The molecule has 0 nitrogen and oxygen atoms in total. The van der Waals surface area contributed by atoms with E-state index in [4.69, 9.17) is 0 Å². The van der Waals surface area contributed by atoms with Gasteiger partial charge < -0.3 is 19.3 Å². The van der Waals surface area contributed by atoms with E-state index in [0.29, 0.717) is 0 Å². The van der Waals surface area contributed by atoms with Crippen molar-refractivity contribution in [2.45, 2.75) is 19.1 Å². The maximum atomic E-state index is 3.75. The Labute approximate surface area is 70.2 Å². The van der Waals surface area contributed by atoms with E-state index in [-0.39, 0.29) is 44.3 Å². The van der Waals surface area contributed by atoms with Gasteiger partial charge in [-0.3, -0.25) is 0 Å². The van der Waals surface area contributed by atoms with Crippen molar-refractivity contribution in [2.24, 2.45) is 0 Å². The number of rotatable bonds is 1. The maximum absolute atomic E-state index is 3.75. The zero-order valence-corrected chi connectivity index (χ0v) is 8.40. The predicted octanol–water partition coefficient (Wildman–Crippen LogP) is -2.07. The Morgan fingerprint density at radius 2 is 1.57 bits per heavy atom. The van der Waals surface area contributed by atoms with Crippen LogP contribution in [0.15, 0.2) is 0 Å². The van der Waals surface area contributed by atoms with Gasteiger partial charge in [-0.25, -0.2) is 0 Å². The fourth-order valence-electron chi connectivity index (χ4n) is 0. The molecule has 0 heterocycles. The fourth-order valence-corrected chi connectivity index (χ4v) is 0. The normalized spacial score (nSPS) is 6.86. The molecule has 3 heteroatoms. The van der Waals surface area contributed by atoms with Crippen molar-refractivity contribution in [3.8, 4) is 0 Å². The Morgan fingerprint density at radius 3 is 1.57 bits per heavy atom. The van der Waals surface area contributed by atoms with Gasteiger partial charge in [0.15, 0.2) is 0 Å². The Morgan fingerprint density at radius 1 is 1.43 bits per heavy atom. The van der Waals surface area contributed by atoms with Crippen LogP contribution in [0.25, 0.3) is 0 Å². The molecule has 0 aromatic heterocycles. The van der Waals surface area contributed by atoms with Crippen LogP contribution in [-0.4, -0.2) is 31.8 Å². The average molecular weight is 147 g/mol. The molecule has 0 saturated heterocycles. The number of hydrogen-bond donors (Lipinski definition) is 0. The summed E-state index contributed by atoms with van der Waals surface area (Å²) in [4.78, 5) is 0. The summed E-state index contributed by atoms with van der Waals surface area (Å²) in [6.45, 7) is 8.34. The molecule has 0 unspecified atom stereocenters. The second-order valence-corrected chi connectivity index (χ2v) is 5.05. The average Bonchev–Trinajstić information content (AvgIpc) is 1.38. The van der Waals surface area contributed by atoms with Gasteiger partial charge >= 0.3 is 23.1 Å². The summed E-state index contributed by atoms with van der Waals surface area (Å²) >= 11 is 0. The Kier molecular flexibility index (Phi) is 23.1. The van der Waals surface area contributed by atoms with Crippen LogP contribution in [0.5, 0.6) is 0 Å². The second-order valence-electron chi connectivity index (χ2n) is 1.68. The molecule has 0 N–H and O–H groups in total. The van der Waals surface area contributed by atoms with Gasteiger partial charge in [-0.15, -0.1) is 0 Å². The Bertz CT molecular complexity index is 25.7. The summed E-state index contributed by atoms with van der Waals surface area (Å²) in [5.74, 6) is 0. The van der Waals surface area contributed by atoms with Crippen LogP contribution in [-0.2, 0) is 0 Å². The van der Waals surface area contributed by atoms with Crippen LogP contribution in [0.3, 0.4) is 0 Å². The molecule has 0 saturated carbocycles. The minimum Gasteiger partial charge on any atom is -1.00 e.